The maximum Gasteiger partial charge on any atom is 0.215 e. The minimum atomic E-state index is -3.38. The van der Waals surface area contributed by atoms with Gasteiger partial charge in [0.25, 0.3) is 0 Å². The van der Waals surface area contributed by atoms with Crippen molar-refractivity contribution in [3.63, 3.8) is 0 Å². The number of ether oxygens (including phenoxy) is 2. The van der Waals surface area contributed by atoms with Crippen molar-refractivity contribution in [2.45, 2.75) is 24.5 Å². The fourth-order valence-electron chi connectivity index (χ4n) is 3.64. The van der Waals surface area contributed by atoms with Crippen LogP contribution < -0.4 is 14.4 Å². The van der Waals surface area contributed by atoms with Gasteiger partial charge in [-0.1, -0.05) is 0 Å². The number of likely N-dealkylation sites (tertiary alicyclic amines) is 1. The smallest absolute Gasteiger partial charge is 0.215 e. The number of fused-ring (bicyclic) bond motifs is 1. The van der Waals surface area contributed by atoms with Crippen molar-refractivity contribution in [3.8, 4) is 11.6 Å². The number of pyridine rings is 2. The van der Waals surface area contributed by atoms with Gasteiger partial charge in [-0.2, -0.15) is 0 Å². The molecule has 0 aliphatic carbocycles. The van der Waals surface area contributed by atoms with E-state index in [0.717, 1.165) is 30.5 Å². The second-order valence-corrected chi connectivity index (χ2v) is 9.14. The van der Waals surface area contributed by atoms with Crippen molar-refractivity contribution in [1.82, 2.24) is 14.9 Å². The Kier molecular flexibility index (Phi) is 5.03. The maximum absolute atomic E-state index is 11.8. The van der Waals surface area contributed by atoms with Crippen LogP contribution in [-0.4, -0.2) is 68.3 Å². The number of hydrogen-bond acceptors (Lipinski definition) is 8. The summed E-state index contributed by atoms with van der Waals surface area (Å²) in [6.45, 7) is 4.00. The van der Waals surface area contributed by atoms with E-state index in [-0.39, 0.29) is 11.1 Å². The standard InChI is InChI=1S/C19H22N4O5S/c1-13-7-14(9-21-19(13)29(2,25)26)23-5-6-27-17-10-20-18(8-16(17)23)28-15-3-4-22(11-15)12-24/h7-10,12,15H,3-6,11H2,1-2H3/t15-/m0/s1. The number of anilines is 2. The average Bonchev–Trinajstić information content (AvgIpc) is 3.14. The first-order chi connectivity index (χ1) is 13.8. The predicted octanol–water partition coefficient (Wildman–Crippen LogP) is 1.33. The van der Waals surface area contributed by atoms with Crippen LogP contribution in [0.1, 0.15) is 12.0 Å². The van der Waals surface area contributed by atoms with Crippen LogP contribution in [0.2, 0.25) is 0 Å². The van der Waals surface area contributed by atoms with Gasteiger partial charge in [0.05, 0.1) is 36.9 Å². The number of carbonyl (C=O) groups is 1. The van der Waals surface area contributed by atoms with Crippen LogP contribution in [0, 0.1) is 6.92 Å². The van der Waals surface area contributed by atoms with Gasteiger partial charge in [-0.3, -0.25) is 4.79 Å². The lowest BCUT2D eigenvalue weighted by atomic mass is 10.2. The zero-order chi connectivity index (χ0) is 20.6. The molecule has 0 spiro atoms. The number of rotatable bonds is 5. The monoisotopic (exact) mass is 418 g/mol. The Balaban J connectivity index is 1.62. The lowest BCUT2D eigenvalue weighted by Gasteiger charge is -2.31. The normalized spacial score (nSPS) is 18.9. The lowest BCUT2D eigenvalue weighted by Crippen LogP contribution is -2.29. The molecule has 1 fully saturated rings. The summed E-state index contributed by atoms with van der Waals surface area (Å²) in [5.41, 5.74) is 2.13. The lowest BCUT2D eigenvalue weighted by molar-refractivity contribution is -0.117. The third-order valence-corrected chi connectivity index (χ3v) is 6.11. The number of carbonyl (C=O) groups excluding carboxylic acids is 1. The van der Waals surface area contributed by atoms with Gasteiger partial charge in [0, 0.05) is 25.3 Å². The Labute approximate surface area is 169 Å². The molecule has 1 saturated heterocycles. The Morgan fingerprint density at radius 3 is 2.76 bits per heavy atom. The van der Waals surface area contributed by atoms with Crippen molar-refractivity contribution < 1.29 is 22.7 Å². The van der Waals surface area contributed by atoms with Gasteiger partial charge in [0.15, 0.2) is 20.6 Å². The summed E-state index contributed by atoms with van der Waals surface area (Å²) in [7, 11) is -3.38. The molecule has 4 rings (SSSR count). The van der Waals surface area contributed by atoms with E-state index in [1.165, 1.54) is 0 Å². The molecule has 9 nitrogen and oxygen atoms in total. The SMILES string of the molecule is Cc1cc(N2CCOc3cnc(O[C@H]4CCN(C=O)C4)cc32)cnc1S(C)(=O)=O. The molecule has 0 aromatic carbocycles. The third-order valence-electron chi connectivity index (χ3n) is 4.98. The topological polar surface area (TPSA) is 102 Å². The molecule has 1 atom stereocenters. The molecule has 2 aliphatic heterocycles. The first-order valence-electron chi connectivity index (χ1n) is 9.28. The van der Waals surface area contributed by atoms with Crippen LogP contribution in [0.15, 0.2) is 29.6 Å². The van der Waals surface area contributed by atoms with E-state index in [9.17, 15) is 13.2 Å². The van der Waals surface area contributed by atoms with Gasteiger partial charge in [-0.25, -0.2) is 18.4 Å². The molecule has 2 aromatic rings. The van der Waals surface area contributed by atoms with Gasteiger partial charge in [0.1, 0.15) is 12.7 Å². The number of sulfone groups is 1. The molecule has 29 heavy (non-hydrogen) atoms. The molecule has 0 saturated carbocycles. The molecule has 2 aliphatic rings. The summed E-state index contributed by atoms with van der Waals surface area (Å²) >= 11 is 0. The summed E-state index contributed by atoms with van der Waals surface area (Å²) in [4.78, 5) is 23.1. The minimum Gasteiger partial charge on any atom is -0.488 e. The van der Waals surface area contributed by atoms with Gasteiger partial charge in [-0.15, -0.1) is 0 Å². The Hall–Kier alpha value is -2.88. The van der Waals surface area contributed by atoms with Crippen molar-refractivity contribution in [3.05, 3.63) is 30.1 Å². The van der Waals surface area contributed by atoms with Crippen molar-refractivity contribution >= 4 is 27.6 Å². The first kappa shape index (κ1) is 19.4. The highest BCUT2D eigenvalue weighted by atomic mass is 32.2. The molecule has 0 unspecified atom stereocenters. The average molecular weight is 418 g/mol. The Morgan fingerprint density at radius 2 is 2.07 bits per heavy atom. The second-order valence-electron chi connectivity index (χ2n) is 7.21. The first-order valence-corrected chi connectivity index (χ1v) is 11.2. The highest BCUT2D eigenvalue weighted by molar-refractivity contribution is 7.90. The second kappa shape index (κ2) is 7.51. The molecule has 2 aromatic heterocycles. The van der Waals surface area contributed by atoms with Crippen LogP contribution in [0.25, 0.3) is 0 Å². The highest BCUT2D eigenvalue weighted by Crippen LogP contribution is 2.38. The molecule has 10 heteroatoms. The van der Waals surface area contributed by atoms with Gasteiger partial charge >= 0.3 is 0 Å². The summed E-state index contributed by atoms with van der Waals surface area (Å²) in [6.07, 6.45) is 5.81. The van der Waals surface area contributed by atoms with E-state index < -0.39 is 9.84 Å². The zero-order valence-electron chi connectivity index (χ0n) is 16.2. The minimum absolute atomic E-state index is 0.0782. The number of aryl methyl sites for hydroxylation is 1. The van der Waals surface area contributed by atoms with Crippen LogP contribution in [0.5, 0.6) is 11.6 Å². The van der Waals surface area contributed by atoms with Gasteiger partial charge in [0.2, 0.25) is 12.3 Å². The summed E-state index contributed by atoms with van der Waals surface area (Å²) in [5.74, 6) is 1.07. The van der Waals surface area contributed by atoms with Gasteiger partial charge in [-0.05, 0) is 18.6 Å². The highest BCUT2D eigenvalue weighted by Gasteiger charge is 2.26. The zero-order valence-corrected chi connectivity index (χ0v) is 17.1. The molecule has 0 bridgehead atoms. The number of amides is 1. The molecule has 4 heterocycles. The van der Waals surface area contributed by atoms with Crippen LogP contribution in [-0.2, 0) is 14.6 Å². The quantitative estimate of drug-likeness (QED) is 0.670. The number of aromatic nitrogens is 2. The maximum atomic E-state index is 11.8. The fourth-order valence-corrected chi connectivity index (χ4v) is 4.52. The number of hydrogen-bond donors (Lipinski definition) is 0. The fraction of sp³-hybridized carbons (Fsp3) is 0.421. The van der Waals surface area contributed by atoms with Crippen LogP contribution in [0.4, 0.5) is 11.4 Å². The summed E-state index contributed by atoms with van der Waals surface area (Å²) < 4.78 is 35.4. The molecular formula is C19H22N4O5S. The van der Waals surface area contributed by atoms with E-state index in [4.69, 9.17) is 9.47 Å². The summed E-state index contributed by atoms with van der Waals surface area (Å²) in [5, 5.41) is 0.0782. The van der Waals surface area contributed by atoms with E-state index in [1.807, 2.05) is 4.90 Å². The van der Waals surface area contributed by atoms with Crippen LogP contribution >= 0.6 is 0 Å². The van der Waals surface area contributed by atoms with E-state index in [0.29, 0.717) is 43.4 Å². The molecule has 154 valence electrons. The van der Waals surface area contributed by atoms with E-state index in [2.05, 4.69) is 9.97 Å². The molecule has 0 radical (unpaired) electrons. The van der Waals surface area contributed by atoms with Gasteiger partial charge < -0.3 is 19.3 Å². The molecule has 0 N–H and O–H groups in total. The van der Waals surface area contributed by atoms with Crippen molar-refractivity contribution in [1.29, 1.82) is 0 Å². The summed E-state index contributed by atoms with van der Waals surface area (Å²) in [6, 6.07) is 3.61. The largest absolute Gasteiger partial charge is 0.488 e. The van der Waals surface area contributed by atoms with E-state index in [1.54, 1.807) is 36.4 Å². The Morgan fingerprint density at radius 1 is 1.24 bits per heavy atom. The number of nitrogens with zero attached hydrogens (tertiary/aromatic N) is 4. The Bertz CT molecular complexity index is 1040. The van der Waals surface area contributed by atoms with E-state index >= 15 is 0 Å². The molecular weight excluding hydrogens is 396 g/mol. The van der Waals surface area contributed by atoms with Crippen LogP contribution in [0.3, 0.4) is 0 Å². The van der Waals surface area contributed by atoms with Crippen molar-refractivity contribution in [2.24, 2.45) is 0 Å². The predicted molar refractivity (Wildman–Crippen MR) is 105 cm³/mol. The third kappa shape index (κ3) is 3.98. The van der Waals surface area contributed by atoms with Crippen molar-refractivity contribution in [2.75, 3.05) is 37.4 Å². The molecule has 1 amide bonds.